The first-order chi connectivity index (χ1) is 47.6. The molecule has 0 saturated carbocycles. The molecule has 1 amide bonds. The predicted molar refractivity (Wildman–Crippen MR) is 408 cm³/mol. The predicted octanol–water partition coefficient (Wildman–Crippen LogP) is 23.2. The molecule has 6 aromatic carbocycles. The zero-order valence-electron chi connectivity index (χ0n) is 57.3. The summed E-state index contributed by atoms with van der Waals surface area (Å²) in [7, 11) is 0. The number of ether oxygens (including phenoxy) is 2. The number of halogens is 4. The van der Waals surface area contributed by atoms with E-state index in [4.69, 9.17) is 9.47 Å². The van der Waals surface area contributed by atoms with Crippen LogP contribution >= 0.6 is 63.7 Å². The molecule has 5 N–H and O–H groups in total. The summed E-state index contributed by atoms with van der Waals surface area (Å²) < 4.78 is 14.0. The van der Waals surface area contributed by atoms with Gasteiger partial charge in [-0.1, -0.05) is 236 Å². The summed E-state index contributed by atoms with van der Waals surface area (Å²) in [5.74, 6) is -0.432. The largest absolute Gasteiger partial charge is 0.507 e. The van der Waals surface area contributed by atoms with Crippen LogP contribution in [-0.4, -0.2) is 65.2 Å². The van der Waals surface area contributed by atoms with Crippen LogP contribution in [0.3, 0.4) is 0 Å². The molecule has 0 fully saturated rings. The lowest BCUT2D eigenvalue weighted by Gasteiger charge is -2.28. The van der Waals surface area contributed by atoms with E-state index in [2.05, 4.69) is 93.5 Å². The molecule has 6 aromatic rings. The van der Waals surface area contributed by atoms with Gasteiger partial charge < -0.3 is 35.6 Å². The van der Waals surface area contributed by atoms with E-state index < -0.39 is 17.7 Å². The molecule has 0 spiro atoms. The average molecular weight is 1590 g/mol. The van der Waals surface area contributed by atoms with Gasteiger partial charge in [-0.25, -0.2) is 4.79 Å². The van der Waals surface area contributed by atoms with Crippen molar-refractivity contribution >= 4 is 122 Å². The van der Waals surface area contributed by atoms with Gasteiger partial charge in [-0.3, -0.25) is 24.0 Å². The standard InChI is InChI=1S/C81H99Br4N3O10/c1-3-5-7-22-32-56(34-24-18-14-10-9-11-16-20-26-40-70(91)97-48-45-54-50-62(82)75(63(83)51-54)87-66-41-43-68(89)73-71(66)77(92)58-36-27-29-38-60(58)79(73)94)57(33-23-8-6-4-2)35-25-19-15-12-13-17-21-31-47-86-81(96)98-49-46-55-52-64(84)76(65(85)53-55)88-67-42-44-69(90)74-72(67)78(93)59-37-28-30-39-61(59)80(74)95/h27-30,36-39,41-44,50-53,56-57,87-90H,3-26,31-35,40,45-49H2,1-2H3,(H,86,96). The maximum absolute atomic E-state index is 13.6. The van der Waals surface area contributed by atoms with Crippen LogP contribution in [0.2, 0.25) is 0 Å². The van der Waals surface area contributed by atoms with Crippen LogP contribution < -0.4 is 16.0 Å². The number of aromatic hydroxyl groups is 2. The van der Waals surface area contributed by atoms with E-state index in [9.17, 15) is 39.0 Å². The minimum absolute atomic E-state index is 0.0118. The highest BCUT2D eigenvalue weighted by Gasteiger charge is 2.36. The summed E-state index contributed by atoms with van der Waals surface area (Å²) >= 11 is 14.6. The van der Waals surface area contributed by atoms with Gasteiger partial charge in [-0.15, -0.1) is 0 Å². The van der Waals surface area contributed by atoms with E-state index in [1.54, 1.807) is 60.7 Å². The van der Waals surface area contributed by atoms with E-state index in [0.717, 1.165) is 55.1 Å². The van der Waals surface area contributed by atoms with Crippen LogP contribution in [0.5, 0.6) is 11.5 Å². The van der Waals surface area contributed by atoms with E-state index in [0.29, 0.717) is 77.6 Å². The summed E-state index contributed by atoms with van der Waals surface area (Å²) in [5, 5.41) is 30.8. The quantitative estimate of drug-likeness (QED) is 0.0138. The fourth-order valence-corrected chi connectivity index (χ4v) is 16.9. The highest BCUT2D eigenvalue weighted by molar-refractivity contribution is 9.11. The van der Waals surface area contributed by atoms with Gasteiger partial charge in [0.25, 0.3) is 0 Å². The Bertz CT molecular complexity index is 3400. The zero-order chi connectivity index (χ0) is 69.8. The molecular weight excluding hydrogens is 1490 g/mol. The number of ketones is 4. The number of hydrogen-bond acceptors (Lipinski definition) is 12. The van der Waals surface area contributed by atoms with Crippen LogP contribution in [0, 0.1) is 11.8 Å². The van der Waals surface area contributed by atoms with E-state index >= 15 is 0 Å². The maximum atomic E-state index is 13.6. The van der Waals surface area contributed by atoms with Crippen molar-refractivity contribution < 1.29 is 48.5 Å². The number of hydrogen-bond donors (Lipinski definition) is 5. The van der Waals surface area contributed by atoms with E-state index in [1.165, 1.54) is 166 Å². The molecule has 0 saturated heterocycles. The number of esters is 1. The molecule has 0 aromatic heterocycles. The minimum Gasteiger partial charge on any atom is -0.507 e. The van der Waals surface area contributed by atoms with Crippen LogP contribution in [-0.2, 0) is 27.1 Å². The smallest absolute Gasteiger partial charge is 0.407 e. The van der Waals surface area contributed by atoms with Crippen molar-refractivity contribution in [2.24, 2.45) is 11.8 Å². The molecule has 13 nitrogen and oxygen atoms in total. The molecule has 17 heteroatoms. The first-order valence-corrected chi connectivity index (χ1v) is 39.4. The fourth-order valence-electron chi connectivity index (χ4n) is 13.9. The number of carbonyl (C=O) groups excluding carboxylic acids is 6. The lowest BCUT2D eigenvalue weighted by atomic mass is 9.78. The molecule has 2 atom stereocenters. The van der Waals surface area contributed by atoms with Crippen LogP contribution in [0.15, 0.2) is 115 Å². The second kappa shape index (κ2) is 40.9. The Kier molecular flexibility index (Phi) is 32.4. The Morgan fingerprint density at radius 1 is 0.408 bits per heavy atom. The van der Waals surface area contributed by atoms with E-state index in [-0.39, 0.29) is 75.6 Å². The lowest BCUT2D eigenvalue weighted by molar-refractivity contribution is -0.143. The first kappa shape index (κ1) is 77.6. The summed E-state index contributed by atoms with van der Waals surface area (Å²) in [6.45, 7) is 5.69. The van der Waals surface area contributed by atoms with Crippen LogP contribution in [0.4, 0.5) is 27.5 Å². The summed E-state index contributed by atoms with van der Waals surface area (Å²) in [4.78, 5) is 79.3. The van der Waals surface area contributed by atoms with Crippen molar-refractivity contribution in [2.45, 2.75) is 219 Å². The Labute approximate surface area is 614 Å². The zero-order valence-corrected chi connectivity index (χ0v) is 63.7. The Morgan fingerprint density at radius 2 is 0.735 bits per heavy atom. The van der Waals surface area contributed by atoms with Gasteiger partial charge in [-0.05, 0) is 148 Å². The molecule has 0 aliphatic heterocycles. The summed E-state index contributed by atoms with van der Waals surface area (Å²) in [6, 6.07) is 27.0. The van der Waals surface area contributed by atoms with Crippen molar-refractivity contribution in [3.63, 3.8) is 0 Å². The molecule has 98 heavy (non-hydrogen) atoms. The van der Waals surface area contributed by atoms with Gasteiger partial charge in [0.05, 0.1) is 58.2 Å². The van der Waals surface area contributed by atoms with E-state index in [1.807, 2.05) is 24.3 Å². The number of carbonyl (C=O) groups is 6. The highest BCUT2D eigenvalue weighted by Crippen LogP contribution is 2.44. The minimum atomic E-state index is -0.418. The number of benzene rings is 6. The normalized spacial score (nSPS) is 13.0. The number of alkyl carbamates (subject to hydrolysis) is 1. The van der Waals surface area contributed by atoms with Gasteiger partial charge in [0.2, 0.25) is 0 Å². The third kappa shape index (κ3) is 22.4. The van der Waals surface area contributed by atoms with Gasteiger partial charge >= 0.3 is 12.1 Å². The maximum Gasteiger partial charge on any atom is 0.407 e. The third-order valence-corrected chi connectivity index (χ3v) is 21.9. The molecule has 0 radical (unpaired) electrons. The SMILES string of the molecule is CCCCCCC(CCCCCCCCCCCC(=O)OCCc1cc(Br)c(Nc2ccc(O)c3c2C(=O)c2ccccc2C3=O)c(Br)c1)C(CCCCCC)CCCCCCCCCCNC(=O)OCCc1cc(Br)c(Nc2ccc(O)c3c2C(=O)c2ccccc2C3=O)c(Br)c1. The van der Waals surface area contributed by atoms with Gasteiger partial charge in [0.1, 0.15) is 11.5 Å². The van der Waals surface area contributed by atoms with Crippen molar-refractivity contribution in [2.75, 3.05) is 30.4 Å². The van der Waals surface area contributed by atoms with Gasteiger partial charge in [-0.2, -0.15) is 0 Å². The van der Waals surface area contributed by atoms with Crippen molar-refractivity contribution in [3.05, 3.63) is 171 Å². The van der Waals surface area contributed by atoms with Gasteiger partial charge in [0, 0.05) is 66.0 Å². The third-order valence-electron chi connectivity index (χ3n) is 19.4. The summed E-state index contributed by atoms with van der Waals surface area (Å²) in [5.41, 5.74) is 5.33. The molecule has 2 aliphatic carbocycles. The van der Waals surface area contributed by atoms with Crippen molar-refractivity contribution in [1.82, 2.24) is 5.32 Å². The fraction of sp³-hybridized carbons (Fsp3) is 0.481. The summed E-state index contributed by atoms with van der Waals surface area (Å²) in [6.07, 6.45) is 37.6. The monoisotopic (exact) mass is 1590 g/mol. The average Bonchev–Trinajstić information content (AvgIpc) is 0.751. The number of phenolic OH excluding ortho intramolecular Hbond substituents is 2. The lowest BCUT2D eigenvalue weighted by Crippen LogP contribution is -2.26. The second-order valence-electron chi connectivity index (χ2n) is 26.6. The number of phenols is 2. The molecule has 526 valence electrons. The molecule has 8 rings (SSSR count). The number of fused-ring (bicyclic) bond motifs is 4. The Morgan fingerprint density at radius 3 is 1.11 bits per heavy atom. The number of nitrogens with one attached hydrogen (secondary N) is 3. The second-order valence-corrected chi connectivity index (χ2v) is 30.0. The topological polar surface area (TPSA) is 197 Å². The number of rotatable bonds is 44. The van der Waals surface area contributed by atoms with Crippen LogP contribution in [0.1, 0.15) is 281 Å². The highest BCUT2D eigenvalue weighted by atomic mass is 79.9. The van der Waals surface area contributed by atoms with Crippen molar-refractivity contribution in [1.29, 1.82) is 0 Å². The van der Waals surface area contributed by atoms with Gasteiger partial charge in [0.15, 0.2) is 23.1 Å². The molecular formula is C81H99Br4N3O10. The molecule has 0 bridgehead atoms. The van der Waals surface area contributed by atoms with Crippen LogP contribution in [0.25, 0.3) is 0 Å². The number of amides is 1. The Hall–Kier alpha value is -6.14. The van der Waals surface area contributed by atoms with Crippen molar-refractivity contribution in [3.8, 4) is 11.5 Å². The molecule has 2 aliphatic rings. The number of anilines is 4. The molecule has 2 unspecified atom stereocenters. The molecule has 0 heterocycles. The Balaban J connectivity index is 0.645. The number of unbranched alkanes of at least 4 members (excludes halogenated alkanes) is 21. The first-order valence-electron chi connectivity index (χ1n) is 36.2.